The SMILES string of the molecule is CCOP(=O)(C[C@@H]1c2c(C)c(=O)[nH]c(=O)n2[C@H]2C[C@@H](OP3O[C@@H](CS(C)(c4ccccc4)c4ccccc4)[C@H]4CCCN43)C1O2)OCC. The molecule has 3 fully saturated rings. The van der Waals surface area contributed by atoms with E-state index in [4.69, 9.17) is 22.8 Å². The first-order valence-corrected chi connectivity index (χ1v) is 21.9. The molecule has 0 radical (unpaired) electrons. The maximum atomic E-state index is 13.9. The number of hydrogen-bond donors (Lipinski definition) is 1. The summed E-state index contributed by atoms with van der Waals surface area (Å²) >= 11 is 0. The van der Waals surface area contributed by atoms with Crippen LogP contribution in [0.5, 0.6) is 0 Å². The van der Waals surface area contributed by atoms with E-state index in [2.05, 4.69) is 76.6 Å². The largest absolute Gasteiger partial charge is 0.351 e. The van der Waals surface area contributed by atoms with E-state index in [0.717, 1.165) is 25.1 Å². The Hall–Kier alpha value is -2.11. The maximum Gasteiger partial charge on any atom is 0.331 e. The third kappa shape index (κ3) is 6.22. The minimum atomic E-state index is -3.59. The molecule has 3 saturated heterocycles. The van der Waals surface area contributed by atoms with E-state index in [9.17, 15) is 14.2 Å². The van der Waals surface area contributed by atoms with E-state index in [1.807, 2.05) is 0 Å². The molecule has 7 rings (SSSR count). The number of nitrogens with zero attached hydrogens (tertiary/aromatic N) is 2. The normalized spacial score (nSPS) is 28.8. The van der Waals surface area contributed by atoms with Gasteiger partial charge in [-0.25, -0.2) is 9.46 Å². The summed E-state index contributed by atoms with van der Waals surface area (Å²) in [6.45, 7) is 6.50. The van der Waals surface area contributed by atoms with Gasteiger partial charge in [-0.3, -0.25) is 18.9 Å². The number of aromatic nitrogens is 2. The van der Waals surface area contributed by atoms with Crippen LogP contribution < -0.4 is 11.2 Å². The van der Waals surface area contributed by atoms with Crippen LogP contribution >= 0.6 is 26.2 Å². The molecule has 14 heteroatoms. The van der Waals surface area contributed by atoms with Crippen molar-refractivity contribution in [2.24, 2.45) is 0 Å². The quantitative estimate of drug-likeness (QED) is 0.209. The van der Waals surface area contributed by atoms with Gasteiger partial charge < -0.3 is 22.8 Å². The molecule has 48 heavy (non-hydrogen) atoms. The number of rotatable bonds is 12. The van der Waals surface area contributed by atoms with E-state index < -0.39 is 61.8 Å². The second kappa shape index (κ2) is 13.9. The lowest BCUT2D eigenvalue weighted by Gasteiger charge is -2.39. The molecular formula is C34H45N3O8P2S. The van der Waals surface area contributed by atoms with Gasteiger partial charge in [0.2, 0.25) is 0 Å². The first-order valence-electron chi connectivity index (χ1n) is 16.8. The molecule has 5 heterocycles. The van der Waals surface area contributed by atoms with Crippen molar-refractivity contribution in [3.05, 3.63) is 92.8 Å². The Kier molecular flexibility index (Phi) is 9.94. The van der Waals surface area contributed by atoms with Crippen LogP contribution in [0.4, 0.5) is 0 Å². The molecule has 2 unspecified atom stereocenters. The number of aromatic amines is 1. The monoisotopic (exact) mass is 717 g/mol. The number of hydrogen-bond acceptors (Lipinski definition) is 9. The lowest BCUT2D eigenvalue weighted by Crippen LogP contribution is -2.44. The number of ether oxygens (including phenoxy) is 1. The number of nitrogens with one attached hydrogen (secondary N) is 1. The van der Waals surface area contributed by atoms with Crippen LogP contribution in [0.25, 0.3) is 0 Å². The van der Waals surface area contributed by atoms with Crippen LogP contribution in [0.15, 0.2) is 80.0 Å². The fraction of sp³-hybridized carbons (Fsp3) is 0.529. The predicted molar refractivity (Wildman–Crippen MR) is 187 cm³/mol. The first kappa shape index (κ1) is 34.3. The Bertz CT molecular complexity index is 1730. The van der Waals surface area contributed by atoms with Crippen molar-refractivity contribution in [2.45, 2.75) is 86.3 Å². The molecule has 0 spiro atoms. The fourth-order valence-electron chi connectivity index (χ4n) is 7.85. The lowest BCUT2D eigenvalue weighted by atomic mass is 9.94. The highest BCUT2D eigenvalue weighted by molar-refractivity contribution is 8.33. The number of H-pyrrole nitrogens is 1. The topological polar surface area (TPSA) is 121 Å². The molecule has 4 aliphatic heterocycles. The maximum absolute atomic E-state index is 13.9. The van der Waals surface area contributed by atoms with Crippen LogP contribution in [0.2, 0.25) is 0 Å². The van der Waals surface area contributed by atoms with Gasteiger partial charge in [-0.1, -0.05) is 36.4 Å². The summed E-state index contributed by atoms with van der Waals surface area (Å²) in [5.41, 5.74) is -0.113. The molecule has 1 aromatic heterocycles. The zero-order chi connectivity index (χ0) is 33.6. The Morgan fingerprint density at radius 3 is 2.29 bits per heavy atom. The van der Waals surface area contributed by atoms with Gasteiger partial charge in [0.25, 0.3) is 14.1 Å². The highest BCUT2D eigenvalue weighted by Crippen LogP contribution is 2.65. The molecular weight excluding hydrogens is 672 g/mol. The Morgan fingerprint density at radius 1 is 1.02 bits per heavy atom. The standard InChI is InChI=1S/C34H45N3O8P2S/c1-5-41-47(40,42-6-2)21-26-31-23(3)33(38)35-34(39)37(31)30-20-28(32(26)43-30)44-46-36-19-13-18-27(36)29(45-46)22-48(4,24-14-9-7-10-15-24)25-16-11-8-12-17-25/h7-12,14-17,26-30,32H,5-6,13,18-22H2,1-4H3,(H,35,38,39)/t26-,27-,28-,29+,30-,32?,46?/m1/s1. The molecule has 0 aliphatic carbocycles. The van der Waals surface area contributed by atoms with Crippen LogP contribution in [0.3, 0.4) is 0 Å². The highest BCUT2D eigenvalue weighted by Gasteiger charge is 2.55. The third-order valence-corrected chi connectivity index (χ3v) is 17.6. The molecule has 4 aliphatic rings. The van der Waals surface area contributed by atoms with E-state index in [1.54, 1.807) is 20.8 Å². The zero-order valence-electron chi connectivity index (χ0n) is 27.9. The van der Waals surface area contributed by atoms with Crippen molar-refractivity contribution in [1.82, 2.24) is 14.2 Å². The lowest BCUT2D eigenvalue weighted by molar-refractivity contribution is -0.0523. The van der Waals surface area contributed by atoms with E-state index in [1.165, 1.54) is 14.4 Å². The average molecular weight is 718 g/mol. The summed E-state index contributed by atoms with van der Waals surface area (Å²) in [5.74, 6) is 0.244. The van der Waals surface area contributed by atoms with Gasteiger partial charge in [-0.2, -0.15) is 10.0 Å². The van der Waals surface area contributed by atoms with Crippen molar-refractivity contribution in [2.75, 3.05) is 37.9 Å². The fourth-order valence-corrected chi connectivity index (χ4v) is 15.0. The zero-order valence-corrected chi connectivity index (χ0v) is 30.5. The van der Waals surface area contributed by atoms with Gasteiger partial charge in [0.1, 0.15) is 6.23 Å². The second-order valence-electron chi connectivity index (χ2n) is 12.9. The van der Waals surface area contributed by atoms with Crippen LogP contribution in [-0.2, 0) is 27.4 Å². The summed E-state index contributed by atoms with van der Waals surface area (Å²) in [7, 11) is -6.45. The minimum Gasteiger partial charge on any atom is -0.351 e. The first-order chi connectivity index (χ1) is 23.2. The Labute approximate surface area is 284 Å². The molecule has 2 bridgehead atoms. The number of fused-ring (bicyclic) bond motifs is 5. The van der Waals surface area contributed by atoms with Crippen molar-refractivity contribution in [3.8, 4) is 0 Å². The van der Waals surface area contributed by atoms with Gasteiger partial charge in [0.05, 0.1) is 37.7 Å². The second-order valence-corrected chi connectivity index (χ2v) is 19.9. The summed E-state index contributed by atoms with van der Waals surface area (Å²) in [6, 6.07) is 21.7. The molecule has 260 valence electrons. The van der Waals surface area contributed by atoms with Gasteiger partial charge in [-0.15, -0.1) is 0 Å². The molecule has 0 saturated carbocycles. The van der Waals surface area contributed by atoms with Gasteiger partial charge >= 0.3 is 13.3 Å². The van der Waals surface area contributed by atoms with Gasteiger partial charge in [0.15, 0.2) is 0 Å². The molecule has 2 aromatic carbocycles. The minimum absolute atomic E-state index is 0.0210. The van der Waals surface area contributed by atoms with Crippen LogP contribution in [0.1, 0.15) is 56.5 Å². The highest BCUT2D eigenvalue weighted by atomic mass is 32.3. The Morgan fingerprint density at radius 2 is 1.67 bits per heavy atom. The summed E-state index contributed by atoms with van der Waals surface area (Å²) < 4.78 is 49.6. The van der Waals surface area contributed by atoms with E-state index in [-0.39, 0.29) is 31.5 Å². The smallest absolute Gasteiger partial charge is 0.331 e. The summed E-state index contributed by atoms with van der Waals surface area (Å²) in [6.07, 6.45) is 3.17. The van der Waals surface area contributed by atoms with E-state index in [0.29, 0.717) is 17.7 Å². The molecule has 7 atom stereocenters. The molecule has 1 N–H and O–H groups in total. The average Bonchev–Trinajstić information content (AvgIpc) is 3.78. The van der Waals surface area contributed by atoms with E-state index >= 15 is 0 Å². The van der Waals surface area contributed by atoms with Crippen LogP contribution in [0, 0.1) is 6.92 Å². The van der Waals surface area contributed by atoms with Crippen molar-refractivity contribution >= 4 is 26.2 Å². The molecule has 0 amide bonds. The van der Waals surface area contributed by atoms with Gasteiger partial charge in [-0.05, 0) is 73.9 Å². The van der Waals surface area contributed by atoms with Crippen molar-refractivity contribution in [3.63, 3.8) is 0 Å². The van der Waals surface area contributed by atoms with Crippen LogP contribution in [-0.4, -0.2) is 76.5 Å². The number of benzene rings is 2. The third-order valence-electron chi connectivity index (χ3n) is 10.0. The molecule has 11 nitrogen and oxygen atoms in total. The Balaban J connectivity index is 1.19. The summed E-state index contributed by atoms with van der Waals surface area (Å²) in [5, 5.41) is 0. The predicted octanol–water partition coefficient (Wildman–Crippen LogP) is 6.52. The summed E-state index contributed by atoms with van der Waals surface area (Å²) in [4.78, 5) is 31.2. The molecule has 3 aromatic rings. The van der Waals surface area contributed by atoms with Crippen molar-refractivity contribution in [1.29, 1.82) is 0 Å². The van der Waals surface area contributed by atoms with Gasteiger partial charge in [0, 0.05) is 41.9 Å². The van der Waals surface area contributed by atoms with Crippen molar-refractivity contribution < 1.29 is 27.4 Å².